The summed E-state index contributed by atoms with van der Waals surface area (Å²) in [5.41, 5.74) is 7.44. The van der Waals surface area contributed by atoms with E-state index in [1.54, 1.807) is 46.7 Å². The van der Waals surface area contributed by atoms with Gasteiger partial charge in [0.15, 0.2) is 17.2 Å². The van der Waals surface area contributed by atoms with Gasteiger partial charge in [-0.2, -0.15) is 46.7 Å². The second-order valence-corrected chi connectivity index (χ2v) is 12.9. The molecule has 4 aromatic heterocycles. The van der Waals surface area contributed by atoms with E-state index in [9.17, 15) is 44.7 Å². The van der Waals surface area contributed by atoms with Crippen molar-refractivity contribution in [3.05, 3.63) is 122 Å². The Balaban J connectivity index is 0.000000253. The SMILES string of the molecule is C.Cc1c(Cl)c(C(F)(F)F)nn1CC(=O)Cc1cnn(-c2ccc(F)cc2)c1C.Cc1c(Cl)c(C(F)(F)F)nn1CC(=O)O.Cc1c(N)cnn1-c1ccc(F)cc1. The maximum Gasteiger partial charge on any atom is 0.436 e. The molecule has 0 saturated heterocycles. The molecule has 0 saturated carbocycles. The molecule has 0 aliphatic heterocycles. The number of nitrogens with zero attached hydrogens (tertiary/aromatic N) is 8. The number of aliphatic carboxylic acids is 1. The lowest BCUT2D eigenvalue weighted by Gasteiger charge is -2.06. The van der Waals surface area contributed by atoms with Crippen LogP contribution in [0.15, 0.2) is 60.9 Å². The van der Waals surface area contributed by atoms with E-state index in [4.69, 9.17) is 34.0 Å². The first-order chi connectivity index (χ1) is 26.5. The van der Waals surface area contributed by atoms with Crippen molar-refractivity contribution in [3.63, 3.8) is 0 Å². The van der Waals surface area contributed by atoms with Crippen LogP contribution in [0.2, 0.25) is 10.0 Å². The molecule has 6 rings (SSSR count). The smallest absolute Gasteiger partial charge is 0.436 e. The lowest BCUT2D eigenvalue weighted by molar-refractivity contribution is -0.143. The van der Waals surface area contributed by atoms with Gasteiger partial charge in [-0.3, -0.25) is 19.0 Å². The van der Waals surface area contributed by atoms with Gasteiger partial charge in [-0.15, -0.1) is 0 Å². The van der Waals surface area contributed by atoms with Crippen molar-refractivity contribution in [2.75, 3.05) is 5.73 Å². The van der Waals surface area contributed by atoms with Crippen LogP contribution in [-0.4, -0.2) is 56.0 Å². The number of carbonyl (C=O) groups is 2. The van der Waals surface area contributed by atoms with E-state index < -0.39 is 46.3 Å². The van der Waals surface area contributed by atoms with Gasteiger partial charge in [0.1, 0.15) is 24.7 Å². The van der Waals surface area contributed by atoms with Crippen LogP contribution in [0.3, 0.4) is 0 Å². The number of alkyl halides is 6. The molecular formula is C36H35Cl2F8N9O3. The summed E-state index contributed by atoms with van der Waals surface area (Å²) in [6.45, 7) is 5.26. The van der Waals surface area contributed by atoms with Gasteiger partial charge in [0.05, 0.1) is 56.6 Å². The summed E-state index contributed by atoms with van der Waals surface area (Å²) in [6, 6.07) is 11.8. The minimum Gasteiger partial charge on any atom is -0.480 e. The largest absolute Gasteiger partial charge is 0.480 e. The summed E-state index contributed by atoms with van der Waals surface area (Å²) in [5.74, 6) is -2.27. The molecule has 2 aromatic carbocycles. The predicted octanol–water partition coefficient (Wildman–Crippen LogP) is 8.80. The molecule has 0 radical (unpaired) electrons. The zero-order chi connectivity index (χ0) is 42.6. The van der Waals surface area contributed by atoms with Crippen LogP contribution in [-0.2, 0) is 41.5 Å². The van der Waals surface area contributed by atoms with E-state index in [1.165, 1.54) is 44.3 Å². The summed E-state index contributed by atoms with van der Waals surface area (Å²) < 4.78 is 106. The number of Topliss-reactive ketones (excluding diaryl/α,β-unsaturated/α-hetero) is 1. The van der Waals surface area contributed by atoms with Gasteiger partial charge in [0, 0.05) is 17.7 Å². The van der Waals surface area contributed by atoms with Crippen LogP contribution < -0.4 is 5.73 Å². The van der Waals surface area contributed by atoms with Crippen LogP contribution in [0.5, 0.6) is 0 Å². The number of benzene rings is 2. The molecule has 0 unspecified atom stereocenters. The van der Waals surface area contributed by atoms with Crippen molar-refractivity contribution >= 4 is 40.6 Å². The first-order valence-electron chi connectivity index (χ1n) is 16.2. The summed E-state index contributed by atoms with van der Waals surface area (Å²) in [5, 5.41) is 22.1. The molecule has 6 aromatic rings. The van der Waals surface area contributed by atoms with Crippen molar-refractivity contribution in [3.8, 4) is 11.4 Å². The Morgan fingerprint density at radius 1 is 0.672 bits per heavy atom. The third kappa shape index (κ3) is 11.2. The number of nitrogen functional groups attached to an aromatic ring is 1. The van der Waals surface area contributed by atoms with Crippen molar-refractivity contribution < 1.29 is 49.8 Å². The van der Waals surface area contributed by atoms with E-state index in [0.717, 1.165) is 16.1 Å². The lowest BCUT2D eigenvalue weighted by Crippen LogP contribution is -2.16. The lowest BCUT2D eigenvalue weighted by atomic mass is 10.1. The molecule has 0 fully saturated rings. The van der Waals surface area contributed by atoms with Crippen molar-refractivity contribution in [2.45, 2.75) is 67.0 Å². The fourth-order valence-electron chi connectivity index (χ4n) is 5.01. The topological polar surface area (TPSA) is 152 Å². The minimum absolute atomic E-state index is 0. The maximum atomic E-state index is 13.1. The zero-order valence-corrected chi connectivity index (χ0v) is 31.6. The van der Waals surface area contributed by atoms with Gasteiger partial charge in [0.25, 0.3) is 0 Å². The molecule has 312 valence electrons. The number of halogens is 10. The van der Waals surface area contributed by atoms with Gasteiger partial charge < -0.3 is 10.8 Å². The Morgan fingerprint density at radius 3 is 1.43 bits per heavy atom. The third-order valence-corrected chi connectivity index (χ3v) is 9.01. The normalized spacial score (nSPS) is 11.3. The number of hydrogen-bond donors (Lipinski definition) is 2. The molecule has 0 atom stereocenters. The van der Waals surface area contributed by atoms with E-state index >= 15 is 0 Å². The molecule has 58 heavy (non-hydrogen) atoms. The number of carboxylic acid groups (broad SMARTS) is 1. The number of anilines is 1. The molecule has 0 spiro atoms. The molecule has 3 N–H and O–H groups in total. The zero-order valence-electron chi connectivity index (χ0n) is 30.1. The number of carbonyl (C=O) groups excluding carboxylic acids is 1. The number of ketones is 1. The molecule has 0 aliphatic rings. The standard InChI is InChI=1S/C18H15ClF4N4O.C10H10FN3.C7H6ClF3N2O2.CH4/c1-10-12(8-24-27(10)14-5-3-13(20)4-6-14)7-15(28)9-26-11(2)16(19)17(25-26)18(21,22)23;1-7-10(12)6-13-14(7)9-4-2-8(11)3-5-9;1-3-5(8)6(7(9,10)11)12-13(3)2-4(14)15;/h3-6,8H,7,9H2,1-2H3;2-6H,12H2,1H3;2H2,1H3,(H,14,15);1H4. The van der Waals surface area contributed by atoms with Crippen LogP contribution in [0.1, 0.15) is 47.2 Å². The Morgan fingerprint density at radius 2 is 1.07 bits per heavy atom. The van der Waals surface area contributed by atoms with Crippen LogP contribution in [0.4, 0.5) is 40.8 Å². The van der Waals surface area contributed by atoms with Crippen molar-refractivity contribution in [1.82, 2.24) is 39.1 Å². The molecule has 22 heteroatoms. The van der Waals surface area contributed by atoms with Gasteiger partial charge >= 0.3 is 18.3 Å². The molecular weight excluding hydrogens is 829 g/mol. The van der Waals surface area contributed by atoms with E-state index in [0.29, 0.717) is 27.3 Å². The maximum absolute atomic E-state index is 13.1. The van der Waals surface area contributed by atoms with E-state index in [2.05, 4.69) is 20.4 Å². The molecule has 12 nitrogen and oxygen atoms in total. The Bertz CT molecular complexity index is 2360. The summed E-state index contributed by atoms with van der Waals surface area (Å²) in [4.78, 5) is 22.7. The second kappa shape index (κ2) is 18.7. The molecule has 0 aliphatic carbocycles. The van der Waals surface area contributed by atoms with Crippen LogP contribution >= 0.6 is 23.2 Å². The highest BCUT2D eigenvalue weighted by Crippen LogP contribution is 2.36. The average molecular weight is 865 g/mol. The number of carboxylic acids is 1. The molecule has 4 heterocycles. The first kappa shape index (κ1) is 46.6. The number of aromatic nitrogens is 8. The third-order valence-electron chi connectivity index (χ3n) is 8.10. The van der Waals surface area contributed by atoms with Crippen molar-refractivity contribution in [1.29, 1.82) is 0 Å². The van der Waals surface area contributed by atoms with Crippen molar-refractivity contribution in [2.24, 2.45) is 0 Å². The fraction of sp³-hybridized carbons (Fsp3) is 0.278. The average Bonchev–Trinajstić information content (AvgIpc) is 3.83. The van der Waals surface area contributed by atoms with Gasteiger partial charge in [-0.05, 0) is 76.2 Å². The Hall–Kier alpha value is -5.76. The number of nitrogens with two attached hydrogens (primary N) is 1. The number of hydrogen-bond acceptors (Lipinski definition) is 7. The monoisotopic (exact) mass is 863 g/mol. The fourth-order valence-corrected chi connectivity index (χ4v) is 5.49. The summed E-state index contributed by atoms with van der Waals surface area (Å²) in [6.07, 6.45) is -6.32. The van der Waals surface area contributed by atoms with Gasteiger partial charge in [0.2, 0.25) is 0 Å². The van der Waals surface area contributed by atoms with Crippen LogP contribution in [0, 0.1) is 39.3 Å². The highest BCUT2D eigenvalue weighted by molar-refractivity contribution is 6.32. The van der Waals surface area contributed by atoms with E-state index in [-0.39, 0.29) is 49.2 Å². The van der Waals surface area contributed by atoms with Gasteiger partial charge in [-0.1, -0.05) is 30.6 Å². The van der Waals surface area contributed by atoms with Crippen LogP contribution in [0.25, 0.3) is 11.4 Å². The second-order valence-electron chi connectivity index (χ2n) is 12.1. The van der Waals surface area contributed by atoms with Gasteiger partial charge in [-0.25, -0.2) is 18.1 Å². The van der Waals surface area contributed by atoms with E-state index in [1.807, 2.05) is 6.92 Å². The molecule has 0 amide bonds. The quantitative estimate of drug-likeness (QED) is 0.144. The summed E-state index contributed by atoms with van der Waals surface area (Å²) in [7, 11) is 0. The highest BCUT2D eigenvalue weighted by Gasteiger charge is 2.39. The Labute approximate surface area is 335 Å². The number of rotatable bonds is 8. The summed E-state index contributed by atoms with van der Waals surface area (Å²) >= 11 is 11.1. The molecule has 0 bridgehead atoms. The highest BCUT2D eigenvalue weighted by atomic mass is 35.5. The first-order valence-corrected chi connectivity index (χ1v) is 16.9. The Kier molecular flexibility index (Phi) is 15.0. The predicted molar refractivity (Wildman–Crippen MR) is 198 cm³/mol. The minimum atomic E-state index is -4.69.